The number of aliphatic imine (C=N–C) groups is 1. The smallest absolute Gasteiger partial charge is 0.321 e. The molecule has 0 radical (unpaired) electrons. The van der Waals surface area contributed by atoms with Crippen molar-refractivity contribution in [2.24, 2.45) is 4.99 Å². The second-order valence-electron chi connectivity index (χ2n) is 3.85. The molecule has 0 atom stereocenters. The van der Waals surface area contributed by atoms with Gasteiger partial charge in [0.1, 0.15) is 0 Å². The van der Waals surface area contributed by atoms with Crippen molar-refractivity contribution < 1.29 is 4.79 Å². The molecule has 1 heterocycles. The van der Waals surface area contributed by atoms with Crippen molar-refractivity contribution in [2.75, 3.05) is 18.2 Å². The lowest BCUT2D eigenvalue weighted by Crippen LogP contribution is -2.41. The molecule has 1 aromatic carbocycles. The van der Waals surface area contributed by atoms with E-state index in [9.17, 15) is 4.79 Å². The molecule has 0 unspecified atom stereocenters. The van der Waals surface area contributed by atoms with Crippen molar-refractivity contribution in [1.82, 2.24) is 10.6 Å². The van der Waals surface area contributed by atoms with Crippen molar-refractivity contribution in [3.05, 3.63) is 23.8 Å². The van der Waals surface area contributed by atoms with Gasteiger partial charge >= 0.3 is 6.03 Å². The molecule has 0 aliphatic carbocycles. The number of nitrogens with one attached hydrogen (secondary N) is 2. The predicted octanol–water partition coefficient (Wildman–Crippen LogP) is 1.77. The average Bonchev–Trinajstić information content (AvgIpc) is 2.43. The van der Waals surface area contributed by atoms with Crippen molar-refractivity contribution in [2.45, 2.75) is 6.54 Å². The molecule has 19 heavy (non-hydrogen) atoms. The summed E-state index contributed by atoms with van der Waals surface area (Å²) in [6.07, 6.45) is 3.69. The monoisotopic (exact) mass is 275 g/mol. The number of carbonyl (C=O) groups is 1. The fourth-order valence-electron chi connectivity index (χ4n) is 1.84. The van der Waals surface area contributed by atoms with Gasteiger partial charge in [-0.15, -0.1) is 0 Å². The Hall–Kier alpha value is -2.20. The Bertz CT molecular complexity index is 578. The van der Waals surface area contributed by atoms with Crippen LogP contribution in [-0.2, 0) is 6.54 Å². The van der Waals surface area contributed by atoms with E-state index in [-0.39, 0.29) is 6.03 Å². The summed E-state index contributed by atoms with van der Waals surface area (Å²) in [4.78, 5) is 17.5. The summed E-state index contributed by atoms with van der Waals surface area (Å²) in [6, 6.07) is 5.45. The molecular formula is C12H13N5OS. The lowest BCUT2D eigenvalue weighted by Gasteiger charge is -2.27. The first kappa shape index (κ1) is 13.2. The quantitative estimate of drug-likeness (QED) is 0.354. The number of amidine groups is 1. The maximum atomic E-state index is 11.6. The minimum absolute atomic E-state index is 0.131. The van der Waals surface area contributed by atoms with Gasteiger partial charge in [0.25, 0.3) is 0 Å². The molecule has 0 saturated carbocycles. The summed E-state index contributed by atoms with van der Waals surface area (Å²) in [7, 11) is 1.71. The molecular weight excluding hydrogens is 262 g/mol. The number of hydrogen-bond acceptors (Lipinski definition) is 4. The highest BCUT2D eigenvalue weighted by Crippen LogP contribution is 2.31. The Kier molecular flexibility index (Phi) is 3.92. The number of anilines is 1. The summed E-state index contributed by atoms with van der Waals surface area (Å²) in [5.74, 6) is 0. The Morgan fingerprint density at radius 3 is 3.11 bits per heavy atom. The molecule has 7 heteroatoms. The molecule has 0 fully saturated rings. The van der Waals surface area contributed by atoms with E-state index < -0.39 is 0 Å². The lowest BCUT2D eigenvalue weighted by molar-refractivity contribution is 0.246. The highest BCUT2D eigenvalue weighted by molar-refractivity contribution is 8.13. The van der Waals surface area contributed by atoms with E-state index >= 15 is 0 Å². The van der Waals surface area contributed by atoms with E-state index in [2.05, 4.69) is 15.6 Å². The van der Waals surface area contributed by atoms with E-state index in [4.69, 9.17) is 5.26 Å². The standard InChI is InChI=1S/C12H13N5OS/c1-17-10-5-3-4-9(8(10)6-14-12(17)18)16-11(19-2)15-7-13/h3-5H,6H2,1-2H3,(H,14,18)(H,15,16). The first-order valence-electron chi connectivity index (χ1n) is 5.58. The van der Waals surface area contributed by atoms with Crippen LogP contribution in [0.25, 0.3) is 0 Å². The van der Waals surface area contributed by atoms with Crippen LogP contribution in [-0.4, -0.2) is 24.5 Å². The van der Waals surface area contributed by atoms with E-state index in [1.54, 1.807) is 11.9 Å². The van der Waals surface area contributed by atoms with Crippen molar-refractivity contribution in [3.63, 3.8) is 0 Å². The van der Waals surface area contributed by atoms with Crippen LogP contribution in [0.2, 0.25) is 0 Å². The number of fused-ring (bicyclic) bond motifs is 1. The summed E-state index contributed by atoms with van der Waals surface area (Å²) in [5, 5.41) is 14.5. The van der Waals surface area contributed by atoms with Crippen LogP contribution in [0.3, 0.4) is 0 Å². The summed E-state index contributed by atoms with van der Waals surface area (Å²) in [5.41, 5.74) is 2.52. The summed E-state index contributed by atoms with van der Waals surface area (Å²) in [6.45, 7) is 0.437. The van der Waals surface area contributed by atoms with Gasteiger partial charge in [-0.2, -0.15) is 5.26 Å². The van der Waals surface area contributed by atoms with Gasteiger partial charge in [-0.25, -0.2) is 9.79 Å². The molecule has 1 aliphatic heterocycles. The van der Waals surface area contributed by atoms with Crippen LogP contribution in [0.1, 0.15) is 5.56 Å². The number of amides is 2. The molecule has 0 spiro atoms. The van der Waals surface area contributed by atoms with Gasteiger partial charge in [0.2, 0.25) is 0 Å². The third kappa shape index (κ3) is 2.63. The van der Waals surface area contributed by atoms with E-state index in [0.29, 0.717) is 11.7 Å². The molecule has 2 N–H and O–H groups in total. The zero-order chi connectivity index (χ0) is 13.8. The molecule has 0 saturated heterocycles. The highest BCUT2D eigenvalue weighted by Gasteiger charge is 2.22. The van der Waals surface area contributed by atoms with E-state index in [1.165, 1.54) is 11.8 Å². The number of nitrogens with zero attached hydrogens (tertiary/aromatic N) is 3. The van der Waals surface area contributed by atoms with Gasteiger partial charge in [0.15, 0.2) is 11.4 Å². The highest BCUT2D eigenvalue weighted by atomic mass is 32.2. The Morgan fingerprint density at radius 1 is 1.63 bits per heavy atom. The summed E-state index contributed by atoms with van der Waals surface area (Å²) < 4.78 is 0. The van der Waals surface area contributed by atoms with Crippen LogP contribution in [0.4, 0.5) is 16.2 Å². The van der Waals surface area contributed by atoms with E-state index in [0.717, 1.165) is 16.9 Å². The maximum Gasteiger partial charge on any atom is 0.321 e. The van der Waals surface area contributed by atoms with Crippen LogP contribution in [0.15, 0.2) is 23.2 Å². The Balaban J connectivity index is 2.44. The average molecular weight is 275 g/mol. The first-order chi connectivity index (χ1) is 9.17. The SMILES string of the molecule is CSC(=Nc1cccc2c1CNC(=O)N2C)NC#N. The van der Waals surface area contributed by atoms with Crippen molar-refractivity contribution in [1.29, 1.82) is 5.26 Å². The zero-order valence-electron chi connectivity index (χ0n) is 10.6. The Labute approximate surface area is 115 Å². The molecule has 6 nitrogen and oxygen atoms in total. The van der Waals surface area contributed by atoms with Crippen LogP contribution in [0.5, 0.6) is 0 Å². The second-order valence-corrected chi connectivity index (χ2v) is 4.65. The van der Waals surface area contributed by atoms with Gasteiger partial charge in [0, 0.05) is 19.2 Å². The van der Waals surface area contributed by atoms with Crippen molar-refractivity contribution >= 4 is 34.3 Å². The number of nitriles is 1. The van der Waals surface area contributed by atoms with Crippen LogP contribution in [0, 0.1) is 11.5 Å². The summed E-state index contributed by atoms with van der Waals surface area (Å²) >= 11 is 1.36. The Morgan fingerprint density at radius 2 is 2.42 bits per heavy atom. The van der Waals surface area contributed by atoms with Crippen LogP contribution >= 0.6 is 11.8 Å². The first-order valence-corrected chi connectivity index (χ1v) is 6.81. The third-order valence-corrected chi connectivity index (χ3v) is 3.37. The minimum atomic E-state index is -0.131. The fourth-order valence-corrected chi connectivity index (χ4v) is 2.17. The van der Waals surface area contributed by atoms with Gasteiger partial charge in [0.05, 0.1) is 11.4 Å². The molecule has 0 aromatic heterocycles. The molecule has 98 valence electrons. The van der Waals surface area contributed by atoms with Gasteiger partial charge in [-0.1, -0.05) is 17.8 Å². The predicted molar refractivity (Wildman–Crippen MR) is 76.4 cm³/mol. The molecule has 1 aliphatic rings. The lowest BCUT2D eigenvalue weighted by atomic mass is 10.1. The third-order valence-electron chi connectivity index (χ3n) is 2.79. The number of hydrogen-bond donors (Lipinski definition) is 2. The fraction of sp³-hybridized carbons (Fsp3) is 0.250. The zero-order valence-corrected chi connectivity index (χ0v) is 11.4. The number of thioether (sulfide) groups is 1. The van der Waals surface area contributed by atoms with Crippen molar-refractivity contribution in [3.8, 4) is 6.19 Å². The molecule has 2 rings (SSSR count). The number of carbonyl (C=O) groups excluding carboxylic acids is 1. The number of benzene rings is 1. The van der Waals surface area contributed by atoms with Crippen LogP contribution < -0.4 is 15.5 Å². The number of urea groups is 1. The topological polar surface area (TPSA) is 80.5 Å². The molecule has 2 amide bonds. The van der Waals surface area contributed by atoms with Gasteiger partial charge in [-0.3, -0.25) is 10.2 Å². The molecule has 1 aromatic rings. The second kappa shape index (κ2) is 5.63. The van der Waals surface area contributed by atoms with E-state index in [1.807, 2.05) is 30.6 Å². The molecule has 0 bridgehead atoms. The normalized spacial score (nSPS) is 14.5. The number of rotatable bonds is 1. The van der Waals surface area contributed by atoms with Gasteiger partial charge in [-0.05, 0) is 18.4 Å². The maximum absolute atomic E-state index is 11.6. The van der Waals surface area contributed by atoms with Gasteiger partial charge < -0.3 is 5.32 Å². The largest absolute Gasteiger partial charge is 0.333 e. The minimum Gasteiger partial charge on any atom is -0.333 e.